The lowest BCUT2D eigenvalue weighted by Gasteiger charge is -2.00. The molecule has 0 saturated heterocycles. The number of hydrogen-bond acceptors (Lipinski definition) is 1. The van der Waals surface area contributed by atoms with Gasteiger partial charge < -0.3 is 5.11 Å². The highest BCUT2D eigenvalue weighted by molar-refractivity contribution is 9.10. The van der Waals surface area contributed by atoms with Crippen LogP contribution >= 0.6 is 15.9 Å². The fourth-order valence-corrected chi connectivity index (χ4v) is 1.41. The number of aliphatic carboxylic acids is 1. The molecule has 5 heteroatoms. The molecule has 0 unspecified atom stereocenters. The second-order valence-corrected chi connectivity index (χ2v) is 3.31. The highest BCUT2D eigenvalue weighted by Gasteiger charge is 2.06. The topological polar surface area (TPSA) is 37.3 Å². The molecule has 0 aromatic heterocycles. The van der Waals surface area contributed by atoms with Crippen molar-refractivity contribution in [3.05, 3.63) is 39.9 Å². The highest BCUT2D eigenvalue weighted by atomic mass is 79.9. The van der Waals surface area contributed by atoms with Gasteiger partial charge in [-0.3, -0.25) is 0 Å². The fourth-order valence-electron chi connectivity index (χ4n) is 0.867. The van der Waals surface area contributed by atoms with Crippen LogP contribution < -0.4 is 0 Å². The summed E-state index contributed by atoms with van der Waals surface area (Å²) in [5.41, 5.74) is 0.00815. The largest absolute Gasteiger partial charge is 0.478 e. The van der Waals surface area contributed by atoms with Crippen LogP contribution in [0, 0.1) is 11.6 Å². The van der Waals surface area contributed by atoms with E-state index >= 15 is 0 Å². The van der Waals surface area contributed by atoms with E-state index in [4.69, 9.17) is 5.11 Å². The zero-order chi connectivity index (χ0) is 10.7. The molecule has 2 nitrogen and oxygen atoms in total. The van der Waals surface area contributed by atoms with Gasteiger partial charge in [0, 0.05) is 22.2 Å². The Bertz CT molecular complexity index is 379. The van der Waals surface area contributed by atoms with Crippen molar-refractivity contribution in [3.63, 3.8) is 0 Å². The molecule has 1 rings (SSSR count). The van der Waals surface area contributed by atoms with Crippen molar-refractivity contribution in [1.29, 1.82) is 0 Å². The summed E-state index contributed by atoms with van der Waals surface area (Å²) in [4.78, 5) is 10.2. The molecule has 0 fully saturated rings. The van der Waals surface area contributed by atoms with Crippen LogP contribution in [0.3, 0.4) is 0 Å². The summed E-state index contributed by atoms with van der Waals surface area (Å²) in [5.74, 6) is -2.73. The van der Waals surface area contributed by atoms with E-state index in [1.807, 2.05) is 0 Å². The Morgan fingerprint density at radius 3 is 2.57 bits per heavy atom. The van der Waals surface area contributed by atoms with Gasteiger partial charge in [0.15, 0.2) is 0 Å². The summed E-state index contributed by atoms with van der Waals surface area (Å²) >= 11 is 2.92. The first kappa shape index (κ1) is 10.8. The van der Waals surface area contributed by atoms with Crippen LogP contribution in [-0.2, 0) is 4.79 Å². The maximum Gasteiger partial charge on any atom is 0.328 e. The Hall–Kier alpha value is -1.23. The lowest BCUT2D eigenvalue weighted by atomic mass is 10.2. The molecule has 14 heavy (non-hydrogen) atoms. The number of carbonyl (C=O) groups is 1. The molecule has 1 N–H and O–H groups in total. The van der Waals surface area contributed by atoms with E-state index in [0.29, 0.717) is 6.07 Å². The van der Waals surface area contributed by atoms with Gasteiger partial charge in [-0.05, 0) is 28.1 Å². The number of halogens is 3. The zero-order valence-electron chi connectivity index (χ0n) is 6.80. The van der Waals surface area contributed by atoms with Crippen LogP contribution in [0.4, 0.5) is 8.78 Å². The van der Waals surface area contributed by atoms with E-state index in [0.717, 1.165) is 18.2 Å². The fraction of sp³-hybridized carbons (Fsp3) is 0. The number of carboxylic acid groups (broad SMARTS) is 1. The molecule has 0 aliphatic carbocycles. The Morgan fingerprint density at radius 2 is 2.07 bits per heavy atom. The van der Waals surface area contributed by atoms with Crippen LogP contribution in [0.25, 0.3) is 6.08 Å². The lowest BCUT2D eigenvalue weighted by molar-refractivity contribution is -0.131. The average Bonchev–Trinajstić information content (AvgIpc) is 2.01. The minimum absolute atomic E-state index is 0.00815. The number of carboxylic acids is 1. The highest BCUT2D eigenvalue weighted by Crippen LogP contribution is 2.22. The van der Waals surface area contributed by atoms with Gasteiger partial charge in [0.1, 0.15) is 11.6 Å². The molecular formula is C9H5BrF2O2. The van der Waals surface area contributed by atoms with Gasteiger partial charge in [-0.15, -0.1) is 0 Å². The normalized spacial score (nSPS) is 10.8. The Morgan fingerprint density at radius 1 is 1.43 bits per heavy atom. The van der Waals surface area contributed by atoms with Crippen molar-refractivity contribution in [2.24, 2.45) is 0 Å². The third-order valence-electron chi connectivity index (χ3n) is 1.44. The number of hydrogen-bond donors (Lipinski definition) is 1. The molecular weight excluding hydrogens is 258 g/mol. The monoisotopic (exact) mass is 262 g/mol. The molecule has 0 aliphatic rings. The smallest absolute Gasteiger partial charge is 0.328 e. The maximum atomic E-state index is 13.0. The average molecular weight is 263 g/mol. The minimum Gasteiger partial charge on any atom is -0.478 e. The van der Waals surface area contributed by atoms with E-state index in [1.54, 1.807) is 0 Å². The van der Waals surface area contributed by atoms with Gasteiger partial charge in [0.2, 0.25) is 0 Å². The van der Waals surface area contributed by atoms with Crippen LogP contribution in [-0.4, -0.2) is 11.1 Å². The first-order chi connectivity index (χ1) is 6.50. The number of rotatable bonds is 2. The molecule has 0 saturated carbocycles. The Kier molecular flexibility index (Phi) is 3.35. The van der Waals surface area contributed by atoms with Crippen LogP contribution in [0.15, 0.2) is 22.7 Å². The molecule has 0 heterocycles. The van der Waals surface area contributed by atoms with Gasteiger partial charge in [-0.1, -0.05) is 0 Å². The maximum absolute atomic E-state index is 13.0. The summed E-state index contributed by atoms with van der Waals surface area (Å²) in [6.45, 7) is 0. The summed E-state index contributed by atoms with van der Waals surface area (Å²) in [5, 5.41) is 8.31. The zero-order valence-corrected chi connectivity index (χ0v) is 8.38. The second-order valence-electron chi connectivity index (χ2n) is 2.45. The van der Waals surface area contributed by atoms with Gasteiger partial charge in [0.05, 0.1) is 0 Å². The van der Waals surface area contributed by atoms with Crippen molar-refractivity contribution in [1.82, 2.24) is 0 Å². The van der Waals surface area contributed by atoms with Crippen molar-refractivity contribution < 1.29 is 18.7 Å². The van der Waals surface area contributed by atoms with Crippen molar-refractivity contribution in [2.75, 3.05) is 0 Å². The van der Waals surface area contributed by atoms with Crippen LogP contribution in [0.2, 0.25) is 0 Å². The first-order valence-corrected chi connectivity index (χ1v) is 4.35. The molecule has 0 amide bonds. The van der Waals surface area contributed by atoms with Crippen molar-refractivity contribution >= 4 is 28.0 Å². The van der Waals surface area contributed by atoms with E-state index in [9.17, 15) is 13.6 Å². The molecule has 0 radical (unpaired) electrons. The minimum atomic E-state index is -1.19. The third kappa shape index (κ3) is 2.63. The van der Waals surface area contributed by atoms with Crippen LogP contribution in [0.1, 0.15) is 5.56 Å². The molecule has 1 aromatic carbocycles. The predicted molar refractivity (Wildman–Crippen MR) is 50.7 cm³/mol. The summed E-state index contributed by atoms with van der Waals surface area (Å²) < 4.78 is 25.8. The van der Waals surface area contributed by atoms with Crippen molar-refractivity contribution in [3.8, 4) is 0 Å². The Labute approximate surface area is 87.0 Å². The van der Waals surface area contributed by atoms with Gasteiger partial charge in [0.25, 0.3) is 0 Å². The lowest BCUT2D eigenvalue weighted by Crippen LogP contribution is -1.90. The summed E-state index contributed by atoms with van der Waals surface area (Å²) in [7, 11) is 0. The number of benzene rings is 1. The van der Waals surface area contributed by atoms with E-state index < -0.39 is 17.6 Å². The molecule has 1 aromatic rings. The quantitative estimate of drug-likeness (QED) is 0.833. The predicted octanol–water partition coefficient (Wildman–Crippen LogP) is 2.83. The summed E-state index contributed by atoms with van der Waals surface area (Å²) in [6, 6.07) is 1.75. The SMILES string of the molecule is O=C(O)/C=C/c1c(F)cc(F)cc1Br. The summed E-state index contributed by atoms with van der Waals surface area (Å²) in [6.07, 6.45) is 1.84. The van der Waals surface area contributed by atoms with Gasteiger partial charge in [-0.25, -0.2) is 13.6 Å². The second kappa shape index (κ2) is 4.32. The molecule has 0 bridgehead atoms. The molecule has 0 aliphatic heterocycles. The molecule has 74 valence electrons. The molecule has 0 spiro atoms. The van der Waals surface area contributed by atoms with Gasteiger partial charge >= 0.3 is 5.97 Å². The van der Waals surface area contributed by atoms with Crippen molar-refractivity contribution in [2.45, 2.75) is 0 Å². The first-order valence-electron chi connectivity index (χ1n) is 3.56. The van der Waals surface area contributed by atoms with E-state index in [2.05, 4.69) is 15.9 Å². The standard InChI is InChI=1S/C9H5BrF2O2/c10-7-3-5(11)4-8(12)6(7)1-2-9(13)14/h1-4H,(H,13,14)/b2-1+. The van der Waals surface area contributed by atoms with E-state index in [1.165, 1.54) is 0 Å². The Balaban J connectivity index is 3.15. The molecule has 0 atom stereocenters. The van der Waals surface area contributed by atoms with Gasteiger partial charge in [-0.2, -0.15) is 0 Å². The third-order valence-corrected chi connectivity index (χ3v) is 2.09. The van der Waals surface area contributed by atoms with Crippen LogP contribution in [0.5, 0.6) is 0 Å². The van der Waals surface area contributed by atoms with E-state index in [-0.39, 0.29) is 10.0 Å².